The van der Waals surface area contributed by atoms with Gasteiger partial charge in [-0.05, 0) is 31.4 Å². The van der Waals surface area contributed by atoms with Gasteiger partial charge in [0.1, 0.15) is 5.82 Å². The third kappa shape index (κ3) is 2.05. The van der Waals surface area contributed by atoms with Gasteiger partial charge >= 0.3 is 0 Å². The van der Waals surface area contributed by atoms with Crippen molar-refractivity contribution in [1.29, 1.82) is 0 Å². The van der Waals surface area contributed by atoms with Crippen LogP contribution in [-0.2, 0) is 0 Å². The lowest BCUT2D eigenvalue weighted by atomic mass is 10.2. The fourth-order valence-corrected chi connectivity index (χ4v) is 2.40. The molecular formula is C13H19N3. The molecule has 3 nitrogen and oxygen atoms in total. The van der Waals surface area contributed by atoms with Crippen LogP contribution in [-0.4, -0.2) is 42.1 Å². The van der Waals surface area contributed by atoms with E-state index in [1.807, 2.05) is 6.20 Å². The molecule has 1 saturated carbocycles. The number of piperazine rings is 1. The van der Waals surface area contributed by atoms with Crippen molar-refractivity contribution in [3.05, 3.63) is 23.9 Å². The number of nitrogens with zero attached hydrogens (tertiary/aromatic N) is 3. The Bertz CT molecular complexity index is 348. The fourth-order valence-electron chi connectivity index (χ4n) is 2.40. The summed E-state index contributed by atoms with van der Waals surface area (Å²) in [5, 5.41) is 0. The minimum absolute atomic E-state index is 0.910. The van der Waals surface area contributed by atoms with Gasteiger partial charge in [0.25, 0.3) is 0 Å². The van der Waals surface area contributed by atoms with Crippen LogP contribution in [0.5, 0.6) is 0 Å². The average Bonchev–Trinajstić information content (AvgIpc) is 3.14. The van der Waals surface area contributed by atoms with Crippen LogP contribution in [0.4, 0.5) is 5.82 Å². The number of aromatic nitrogens is 1. The fraction of sp³-hybridized carbons (Fsp3) is 0.615. The Kier molecular flexibility index (Phi) is 2.56. The first-order valence-corrected chi connectivity index (χ1v) is 6.24. The Morgan fingerprint density at radius 3 is 2.44 bits per heavy atom. The molecule has 3 rings (SSSR count). The Hall–Kier alpha value is -1.09. The Morgan fingerprint density at radius 1 is 1.12 bits per heavy atom. The number of anilines is 1. The maximum atomic E-state index is 4.49. The van der Waals surface area contributed by atoms with E-state index in [0.717, 1.165) is 24.9 Å². The van der Waals surface area contributed by atoms with Crippen molar-refractivity contribution in [2.45, 2.75) is 25.8 Å². The van der Waals surface area contributed by atoms with Gasteiger partial charge in [0.15, 0.2) is 0 Å². The van der Waals surface area contributed by atoms with Crippen LogP contribution in [0.25, 0.3) is 0 Å². The lowest BCUT2D eigenvalue weighted by Gasteiger charge is -2.35. The first-order chi connectivity index (χ1) is 7.83. The third-order valence-corrected chi connectivity index (χ3v) is 3.60. The van der Waals surface area contributed by atoms with E-state index in [2.05, 4.69) is 33.8 Å². The van der Waals surface area contributed by atoms with Crippen LogP contribution >= 0.6 is 0 Å². The summed E-state index contributed by atoms with van der Waals surface area (Å²) in [5.74, 6) is 1.14. The zero-order chi connectivity index (χ0) is 11.0. The molecule has 0 amide bonds. The van der Waals surface area contributed by atoms with E-state index in [4.69, 9.17) is 0 Å². The molecule has 2 aliphatic rings. The summed E-state index contributed by atoms with van der Waals surface area (Å²) >= 11 is 0. The highest BCUT2D eigenvalue weighted by Gasteiger charge is 2.31. The van der Waals surface area contributed by atoms with Crippen LogP contribution in [0.15, 0.2) is 18.3 Å². The topological polar surface area (TPSA) is 19.4 Å². The van der Waals surface area contributed by atoms with Crippen molar-refractivity contribution in [3.8, 4) is 0 Å². The van der Waals surface area contributed by atoms with E-state index in [9.17, 15) is 0 Å². The minimum Gasteiger partial charge on any atom is -0.354 e. The molecule has 0 bridgehead atoms. The van der Waals surface area contributed by atoms with E-state index >= 15 is 0 Å². The average molecular weight is 217 g/mol. The number of pyridine rings is 1. The van der Waals surface area contributed by atoms with Gasteiger partial charge in [-0.2, -0.15) is 0 Å². The minimum atomic E-state index is 0.910. The molecule has 0 radical (unpaired) electrons. The monoisotopic (exact) mass is 217 g/mol. The molecule has 16 heavy (non-hydrogen) atoms. The highest BCUT2D eigenvalue weighted by molar-refractivity contribution is 5.39. The van der Waals surface area contributed by atoms with Gasteiger partial charge in [0, 0.05) is 38.4 Å². The normalized spacial score (nSPS) is 22.4. The second-order valence-electron chi connectivity index (χ2n) is 4.95. The van der Waals surface area contributed by atoms with Crippen LogP contribution in [0.2, 0.25) is 0 Å². The summed E-state index contributed by atoms with van der Waals surface area (Å²) < 4.78 is 0. The molecule has 86 valence electrons. The summed E-state index contributed by atoms with van der Waals surface area (Å²) in [7, 11) is 0. The summed E-state index contributed by atoms with van der Waals surface area (Å²) in [6, 6.07) is 5.20. The van der Waals surface area contributed by atoms with E-state index in [-0.39, 0.29) is 0 Å². The maximum Gasteiger partial charge on any atom is 0.128 e. The number of hydrogen-bond donors (Lipinski definition) is 0. The molecule has 1 aliphatic carbocycles. The molecule has 0 aromatic carbocycles. The van der Waals surface area contributed by atoms with Crippen LogP contribution in [0.3, 0.4) is 0 Å². The molecule has 1 aliphatic heterocycles. The quantitative estimate of drug-likeness (QED) is 0.751. The first kappa shape index (κ1) is 10.1. The summed E-state index contributed by atoms with van der Waals surface area (Å²) in [5.41, 5.74) is 1.24. The van der Waals surface area contributed by atoms with Crippen LogP contribution in [0.1, 0.15) is 18.4 Å². The van der Waals surface area contributed by atoms with Crippen molar-refractivity contribution >= 4 is 5.82 Å². The van der Waals surface area contributed by atoms with Crippen molar-refractivity contribution in [2.24, 2.45) is 0 Å². The van der Waals surface area contributed by atoms with Crippen LogP contribution in [0, 0.1) is 6.92 Å². The lowest BCUT2D eigenvalue weighted by Crippen LogP contribution is -2.47. The summed E-state index contributed by atoms with van der Waals surface area (Å²) in [6.45, 7) is 6.77. The van der Waals surface area contributed by atoms with Crippen LogP contribution < -0.4 is 4.90 Å². The van der Waals surface area contributed by atoms with E-state index in [1.54, 1.807) is 0 Å². The largest absolute Gasteiger partial charge is 0.354 e. The van der Waals surface area contributed by atoms with Gasteiger partial charge in [-0.3, -0.25) is 4.90 Å². The number of rotatable bonds is 2. The molecule has 3 heteroatoms. The van der Waals surface area contributed by atoms with E-state index in [1.165, 1.54) is 31.5 Å². The SMILES string of the molecule is Cc1ccc(N2CCN(C3CC3)CC2)nc1. The summed E-state index contributed by atoms with van der Waals surface area (Å²) in [4.78, 5) is 9.53. The zero-order valence-corrected chi connectivity index (χ0v) is 9.89. The third-order valence-electron chi connectivity index (χ3n) is 3.60. The highest BCUT2D eigenvalue weighted by atomic mass is 15.3. The predicted octanol–water partition coefficient (Wildman–Crippen LogP) is 1.67. The lowest BCUT2D eigenvalue weighted by molar-refractivity contribution is 0.247. The van der Waals surface area contributed by atoms with Gasteiger partial charge in [-0.1, -0.05) is 6.07 Å². The molecule has 2 fully saturated rings. The number of aryl methyl sites for hydroxylation is 1. The van der Waals surface area contributed by atoms with Crippen molar-refractivity contribution in [1.82, 2.24) is 9.88 Å². The smallest absolute Gasteiger partial charge is 0.128 e. The molecular weight excluding hydrogens is 198 g/mol. The standard InChI is InChI=1S/C13H19N3/c1-11-2-5-13(14-10-11)16-8-6-15(7-9-16)12-3-4-12/h2,5,10,12H,3-4,6-9H2,1H3. The van der Waals surface area contributed by atoms with Gasteiger partial charge in [-0.25, -0.2) is 4.98 Å². The molecule has 0 spiro atoms. The van der Waals surface area contributed by atoms with Crippen molar-refractivity contribution < 1.29 is 0 Å². The second kappa shape index (κ2) is 4.06. The molecule has 1 aromatic rings. The predicted molar refractivity (Wildman–Crippen MR) is 65.8 cm³/mol. The van der Waals surface area contributed by atoms with E-state index in [0.29, 0.717) is 0 Å². The van der Waals surface area contributed by atoms with Crippen molar-refractivity contribution in [2.75, 3.05) is 31.1 Å². The maximum absolute atomic E-state index is 4.49. The Balaban J connectivity index is 1.62. The zero-order valence-electron chi connectivity index (χ0n) is 9.89. The highest BCUT2D eigenvalue weighted by Crippen LogP contribution is 2.28. The van der Waals surface area contributed by atoms with Gasteiger partial charge in [-0.15, -0.1) is 0 Å². The Labute approximate surface area is 97.1 Å². The van der Waals surface area contributed by atoms with Gasteiger partial charge < -0.3 is 4.90 Å². The molecule has 2 heterocycles. The summed E-state index contributed by atoms with van der Waals surface area (Å²) in [6.07, 6.45) is 4.80. The van der Waals surface area contributed by atoms with Crippen molar-refractivity contribution in [3.63, 3.8) is 0 Å². The molecule has 0 unspecified atom stereocenters. The van der Waals surface area contributed by atoms with Gasteiger partial charge in [0.05, 0.1) is 0 Å². The second-order valence-corrected chi connectivity index (χ2v) is 4.95. The first-order valence-electron chi connectivity index (χ1n) is 6.24. The molecule has 1 aromatic heterocycles. The molecule has 0 N–H and O–H groups in total. The van der Waals surface area contributed by atoms with E-state index < -0.39 is 0 Å². The Morgan fingerprint density at radius 2 is 1.88 bits per heavy atom. The molecule has 0 atom stereocenters. The van der Waals surface area contributed by atoms with Gasteiger partial charge in [0.2, 0.25) is 0 Å². The molecule has 1 saturated heterocycles. The number of hydrogen-bond acceptors (Lipinski definition) is 3.